The second-order valence-corrected chi connectivity index (χ2v) is 5.42. The fourth-order valence-electron chi connectivity index (χ4n) is 2.49. The van der Waals surface area contributed by atoms with Crippen LogP contribution in [0, 0.1) is 0 Å². The highest BCUT2D eigenvalue weighted by Crippen LogP contribution is 2.26. The van der Waals surface area contributed by atoms with E-state index in [1.807, 2.05) is 0 Å². The minimum atomic E-state index is -0.599. The Morgan fingerprint density at radius 2 is 2.09 bits per heavy atom. The molecule has 6 nitrogen and oxygen atoms in total. The van der Waals surface area contributed by atoms with E-state index in [9.17, 15) is 14.7 Å². The molecule has 1 aromatic rings. The summed E-state index contributed by atoms with van der Waals surface area (Å²) in [5.41, 5.74) is 0.673. The number of phenolic OH excluding ortho intramolecular Hbond substituents is 1. The number of benzene rings is 1. The molecule has 1 saturated carbocycles. The molecule has 0 unspecified atom stereocenters. The molecule has 1 aliphatic carbocycles. The lowest BCUT2D eigenvalue weighted by atomic mass is 10.2. The van der Waals surface area contributed by atoms with Crippen LogP contribution in [0.25, 0.3) is 6.08 Å². The molecular weight excluding hydrogens is 298 g/mol. The Hall–Kier alpha value is -2.50. The first-order valence-electron chi connectivity index (χ1n) is 7.59. The van der Waals surface area contributed by atoms with Crippen molar-refractivity contribution in [3.05, 3.63) is 29.8 Å². The van der Waals surface area contributed by atoms with Gasteiger partial charge in [-0.1, -0.05) is 18.9 Å². The van der Waals surface area contributed by atoms with Crippen molar-refractivity contribution in [1.29, 1.82) is 0 Å². The third kappa shape index (κ3) is 5.32. The lowest BCUT2D eigenvalue weighted by molar-refractivity contribution is -0.144. The zero-order chi connectivity index (χ0) is 16.7. The van der Waals surface area contributed by atoms with Gasteiger partial charge in [0.1, 0.15) is 0 Å². The molecule has 0 aromatic heterocycles. The van der Waals surface area contributed by atoms with Gasteiger partial charge < -0.3 is 19.9 Å². The van der Waals surface area contributed by atoms with Gasteiger partial charge in [-0.15, -0.1) is 0 Å². The molecule has 124 valence electrons. The number of phenols is 1. The molecule has 0 heterocycles. The number of amides is 1. The van der Waals surface area contributed by atoms with Crippen LogP contribution in [0.2, 0.25) is 0 Å². The molecule has 1 aliphatic rings. The molecule has 0 bridgehead atoms. The van der Waals surface area contributed by atoms with Crippen molar-refractivity contribution < 1.29 is 24.2 Å². The van der Waals surface area contributed by atoms with Crippen LogP contribution in [0.15, 0.2) is 24.3 Å². The molecule has 0 radical (unpaired) electrons. The first kappa shape index (κ1) is 16.9. The van der Waals surface area contributed by atoms with Gasteiger partial charge in [-0.25, -0.2) is 4.79 Å². The summed E-state index contributed by atoms with van der Waals surface area (Å²) in [6, 6.07) is 4.90. The number of hydrogen-bond acceptors (Lipinski definition) is 5. The smallest absolute Gasteiger partial charge is 0.331 e. The standard InChI is InChI=1S/C17H21NO5/c1-22-15-10-12(6-8-14(15)19)7-9-17(21)23-11-16(20)18-13-4-2-3-5-13/h6-10,13,19H,2-5,11H2,1H3,(H,18,20)/b9-7-. The van der Waals surface area contributed by atoms with Gasteiger partial charge in [0.05, 0.1) is 7.11 Å². The van der Waals surface area contributed by atoms with Crippen LogP contribution in [0.5, 0.6) is 11.5 Å². The Kier molecular flexibility index (Phi) is 6.02. The average Bonchev–Trinajstić information content (AvgIpc) is 3.05. The number of carbonyl (C=O) groups excluding carboxylic acids is 2. The summed E-state index contributed by atoms with van der Waals surface area (Å²) in [6.07, 6.45) is 6.99. The lowest BCUT2D eigenvalue weighted by Gasteiger charge is -2.11. The van der Waals surface area contributed by atoms with Crippen molar-refractivity contribution in [2.75, 3.05) is 13.7 Å². The van der Waals surface area contributed by atoms with Crippen LogP contribution in [0.1, 0.15) is 31.2 Å². The number of aromatic hydroxyl groups is 1. The molecule has 0 aliphatic heterocycles. The van der Waals surface area contributed by atoms with Crippen molar-refractivity contribution in [2.24, 2.45) is 0 Å². The van der Waals surface area contributed by atoms with Crippen molar-refractivity contribution >= 4 is 18.0 Å². The number of rotatable bonds is 6. The van der Waals surface area contributed by atoms with Crippen LogP contribution in [0.4, 0.5) is 0 Å². The maximum atomic E-state index is 11.6. The Bertz CT molecular complexity index is 591. The second-order valence-electron chi connectivity index (χ2n) is 5.42. The number of hydrogen-bond donors (Lipinski definition) is 2. The average molecular weight is 319 g/mol. The second kappa shape index (κ2) is 8.22. The monoisotopic (exact) mass is 319 g/mol. The number of methoxy groups -OCH3 is 1. The van der Waals surface area contributed by atoms with Gasteiger partial charge in [0.15, 0.2) is 18.1 Å². The molecule has 0 saturated heterocycles. The molecule has 23 heavy (non-hydrogen) atoms. The molecule has 1 amide bonds. The van der Waals surface area contributed by atoms with Crippen LogP contribution in [-0.4, -0.2) is 36.7 Å². The summed E-state index contributed by atoms with van der Waals surface area (Å²) in [4.78, 5) is 23.3. The van der Waals surface area contributed by atoms with Crippen LogP contribution in [0.3, 0.4) is 0 Å². The molecule has 1 fully saturated rings. The molecule has 6 heteroatoms. The highest BCUT2D eigenvalue weighted by atomic mass is 16.5. The van der Waals surface area contributed by atoms with Gasteiger partial charge in [-0.05, 0) is 36.6 Å². The summed E-state index contributed by atoms with van der Waals surface area (Å²) in [5, 5.41) is 12.3. The fraction of sp³-hybridized carbons (Fsp3) is 0.412. The van der Waals surface area contributed by atoms with Crippen molar-refractivity contribution in [1.82, 2.24) is 5.32 Å². The van der Waals surface area contributed by atoms with E-state index < -0.39 is 5.97 Å². The zero-order valence-electron chi connectivity index (χ0n) is 13.1. The lowest BCUT2D eigenvalue weighted by Crippen LogP contribution is -2.35. The Balaban J connectivity index is 1.78. The maximum Gasteiger partial charge on any atom is 0.331 e. The third-order valence-corrected chi connectivity index (χ3v) is 3.68. The van der Waals surface area contributed by atoms with Gasteiger partial charge in [0, 0.05) is 12.1 Å². The van der Waals surface area contributed by atoms with Gasteiger partial charge in [0.2, 0.25) is 0 Å². The SMILES string of the molecule is COc1cc(/C=C\C(=O)OCC(=O)NC2CCCC2)ccc1O. The minimum absolute atomic E-state index is 0.0239. The molecular formula is C17H21NO5. The van der Waals surface area contributed by atoms with E-state index in [0.717, 1.165) is 25.7 Å². The number of esters is 1. The van der Waals surface area contributed by atoms with E-state index in [1.165, 1.54) is 25.3 Å². The van der Waals surface area contributed by atoms with Gasteiger partial charge in [-0.2, -0.15) is 0 Å². The molecule has 2 N–H and O–H groups in total. The molecule has 0 spiro atoms. The van der Waals surface area contributed by atoms with Crippen molar-refractivity contribution in [2.45, 2.75) is 31.7 Å². The van der Waals surface area contributed by atoms with Gasteiger partial charge >= 0.3 is 5.97 Å². The van der Waals surface area contributed by atoms with E-state index in [-0.39, 0.29) is 24.3 Å². The third-order valence-electron chi connectivity index (χ3n) is 3.68. The zero-order valence-corrected chi connectivity index (χ0v) is 13.1. The van der Waals surface area contributed by atoms with Crippen LogP contribution < -0.4 is 10.1 Å². The first-order valence-corrected chi connectivity index (χ1v) is 7.59. The van der Waals surface area contributed by atoms with Crippen molar-refractivity contribution in [3.8, 4) is 11.5 Å². The Labute approximate surface area is 135 Å². The topological polar surface area (TPSA) is 84.9 Å². The fourth-order valence-corrected chi connectivity index (χ4v) is 2.49. The summed E-state index contributed by atoms with van der Waals surface area (Å²) < 4.78 is 9.88. The van der Waals surface area contributed by atoms with E-state index >= 15 is 0 Å². The van der Waals surface area contributed by atoms with E-state index in [1.54, 1.807) is 12.1 Å². The van der Waals surface area contributed by atoms with Crippen molar-refractivity contribution in [3.63, 3.8) is 0 Å². The minimum Gasteiger partial charge on any atom is -0.504 e. The van der Waals surface area contributed by atoms with Gasteiger partial charge in [-0.3, -0.25) is 4.79 Å². The predicted molar refractivity (Wildman–Crippen MR) is 85.1 cm³/mol. The molecule has 0 atom stereocenters. The summed E-state index contributed by atoms with van der Waals surface area (Å²) in [5.74, 6) is -0.532. The first-order chi connectivity index (χ1) is 11.1. The normalized spacial score (nSPS) is 14.8. The van der Waals surface area contributed by atoms with E-state index in [0.29, 0.717) is 11.3 Å². The highest BCUT2D eigenvalue weighted by Gasteiger charge is 2.17. The highest BCUT2D eigenvalue weighted by molar-refractivity contribution is 5.89. The largest absolute Gasteiger partial charge is 0.504 e. The molecule has 2 rings (SSSR count). The molecule has 1 aromatic carbocycles. The van der Waals surface area contributed by atoms with Crippen LogP contribution in [-0.2, 0) is 14.3 Å². The summed E-state index contributed by atoms with van der Waals surface area (Å²) >= 11 is 0. The van der Waals surface area contributed by atoms with E-state index in [2.05, 4.69) is 5.32 Å². The number of nitrogens with one attached hydrogen (secondary N) is 1. The van der Waals surface area contributed by atoms with Gasteiger partial charge in [0.25, 0.3) is 5.91 Å². The van der Waals surface area contributed by atoms with Crippen LogP contribution >= 0.6 is 0 Å². The number of ether oxygens (including phenoxy) is 2. The summed E-state index contributed by atoms with van der Waals surface area (Å²) in [6.45, 7) is -0.279. The predicted octanol–water partition coefficient (Wildman–Crippen LogP) is 2.02. The Morgan fingerprint density at radius 3 is 2.78 bits per heavy atom. The summed E-state index contributed by atoms with van der Waals surface area (Å²) in [7, 11) is 1.44. The Morgan fingerprint density at radius 1 is 1.35 bits per heavy atom. The quantitative estimate of drug-likeness (QED) is 0.619. The number of carbonyl (C=O) groups is 2. The van der Waals surface area contributed by atoms with E-state index in [4.69, 9.17) is 9.47 Å². The maximum absolute atomic E-state index is 11.6.